The van der Waals surface area contributed by atoms with Gasteiger partial charge in [0.05, 0.1) is 0 Å². The van der Waals surface area contributed by atoms with E-state index in [1.807, 2.05) is 0 Å². The van der Waals surface area contributed by atoms with E-state index in [1.165, 1.54) is 51.5 Å². The van der Waals surface area contributed by atoms with Gasteiger partial charge in [0.1, 0.15) is 0 Å². The van der Waals surface area contributed by atoms with Gasteiger partial charge in [-0.25, -0.2) is 0 Å². The van der Waals surface area contributed by atoms with E-state index in [1.54, 1.807) is 6.42 Å². The predicted molar refractivity (Wildman–Crippen MR) is 77.6 cm³/mol. The molecular weight excluding hydrogens is 218 g/mol. The zero-order valence-electron chi connectivity index (χ0n) is 12.6. The Bertz CT molecular complexity index is 285. The molecular formula is C17H31N. The van der Waals surface area contributed by atoms with Crippen molar-refractivity contribution >= 4 is 0 Å². The molecule has 0 bridgehead atoms. The molecule has 18 heavy (non-hydrogen) atoms. The molecule has 2 atom stereocenters. The van der Waals surface area contributed by atoms with Gasteiger partial charge >= 0.3 is 0 Å². The Morgan fingerprint density at radius 2 is 1.67 bits per heavy atom. The first-order valence-corrected chi connectivity index (χ1v) is 8.21. The normalized spacial score (nSPS) is 40.2. The summed E-state index contributed by atoms with van der Waals surface area (Å²) < 4.78 is 0. The smallest absolute Gasteiger partial charge is 0.00967 e. The van der Waals surface area contributed by atoms with E-state index in [9.17, 15) is 0 Å². The van der Waals surface area contributed by atoms with Crippen LogP contribution in [0.2, 0.25) is 0 Å². The molecule has 3 aliphatic rings. The molecule has 2 unspecified atom stereocenters. The van der Waals surface area contributed by atoms with Crippen molar-refractivity contribution in [2.75, 3.05) is 6.54 Å². The van der Waals surface area contributed by atoms with Gasteiger partial charge in [0.15, 0.2) is 0 Å². The Balaban J connectivity index is 1.60. The van der Waals surface area contributed by atoms with Crippen LogP contribution in [0.4, 0.5) is 0 Å². The van der Waals surface area contributed by atoms with Crippen LogP contribution in [0.3, 0.4) is 0 Å². The summed E-state index contributed by atoms with van der Waals surface area (Å²) in [7, 11) is 0. The maximum atomic E-state index is 3.82. The third-order valence-corrected chi connectivity index (χ3v) is 5.65. The summed E-state index contributed by atoms with van der Waals surface area (Å²) in [4.78, 5) is 0. The standard InChI is InChI=1S/C17H31N/c1-16(2,3)18-12-17(9-13-6-4-5-7-13)10-14-8-15(14)11-17/h13-15,18H,4-12H2,1-3H3. The summed E-state index contributed by atoms with van der Waals surface area (Å²) in [6.07, 6.45) is 12.2. The molecule has 0 aromatic carbocycles. The molecule has 3 saturated carbocycles. The van der Waals surface area contributed by atoms with Crippen molar-refractivity contribution in [3.63, 3.8) is 0 Å². The highest BCUT2D eigenvalue weighted by molar-refractivity contribution is 5.05. The van der Waals surface area contributed by atoms with E-state index in [0.717, 1.165) is 17.8 Å². The van der Waals surface area contributed by atoms with Crippen molar-refractivity contribution in [1.29, 1.82) is 0 Å². The SMILES string of the molecule is CC(C)(C)NCC1(CC2CCCC2)CC2CC2C1. The number of rotatable bonds is 4. The maximum absolute atomic E-state index is 3.82. The van der Waals surface area contributed by atoms with Crippen LogP contribution in [0, 0.1) is 23.2 Å². The lowest BCUT2D eigenvalue weighted by atomic mass is 9.74. The van der Waals surface area contributed by atoms with Crippen LogP contribution in [0.25, 0.3) is 0 Å². The summed E-state index contributed by atoms with van der Waals surface area (Å²) in [5.74, 6) is 3.30. The van der Waals surface area contributed by atoms with Crippen LogP contribution in [0.15, 0.2) is 0 Å². The van der Waals surface area contributed by atoms with Crippen LogP contribution in [0.1, 0.15) is 72.1 Å². The van der Waals surface area contributed by atoms with Gasteiger partial charge in [-0.15, -0.1) is 0 Å². The second-order valence-electron chi connectivity index (χ2n) is 8.62. The molecule has 3 fully saturated rings. The first-order chi connectivity index (χ1) is 8.46. The van der Waals surface area contributed by atoms with Crippen LogP contribution in [-0.4, -0.2) is 12.1 Å². The molecule has 0 aromatic heterocycles. The predicted octanol–water partition coefficient (Wildman–Crippen LogP) is 4.37. The summed E-state index contributed by atoms with van der Waals surface area (Å²) >= 11 is 0. The maximum Gasteiger partial charge on any atom is 0.00967 e. The van der Waals surface area contributed by atoms with E-state index < -0.39 is 0 Å². The fourth-order valence-electron chi connectivity index (χ4n) is 4.67. The lowest BCUT2D eigenvalue weighted by Gasteiger charge is -2.37. The Hall–Kier alpha value is -0.0400. The third-order valence-electron chi connectivity index (χ3n) is 5.65. The Morgan fingerprint density at radius 1 is 1.06 bits per heavy atom. The second-order valence-corrected chi connectivity index (χ2v) is 8.62. The number of hydrogen-bond acceptors (Lipinski definition) is 1. The topological polar surface area (TPSA) is 12.0 Å². The Kier molecular flexibility index (Phi) is 3.25. The fourth-order valence-corrected chi connectivity index (χ4v) is 4.67. The summed E-state index contributed by atoms with van der Waals surface area (Å²) in [5.41, 5.74) is 0.964. The molecule has 0 heterocycles. The fraction of sp³-hybridized carbons (Fsp3) is 1.00. The lowest BCUT2D eigenvalue weighted by Crippen LogP contribution is -2.44. The average molecular weight is 249 g/mol. The summed E-state index contributed by atoms with van der Waals surface area (Å²) in [5, 5.41) is 3.82. The van der Waals surface area contributed by atoms with Crippen LogP contribution >= 0.6 is 0 Å². The molecule has 1 heteroatoms. The van der Waals surface area contributed by atoms with Crippen LogP contribution in [0.5, 0.6) is 0 Å². The highest BCUT2D eigenvalue weighted by atomic mass is 15.0. The number of nitrogens with one attached hydrogen (secondary N) is 1. The third kappa shape index (κ3) is 2.92. The van der Waals surface area contributed by atoms with E-state index in [4.69, 9.17) is 0 Å². The Labute approximate surface area is 113 Å². The van der Waals surface area contributed by atoms with Crippen molar-refractivity contribution in [3.8, 4) is 0 Å². The molecule has 1 N–H and O–H groups in total. The zero-order chi connectivity index (χ0) is 12.8. The molecule has 1 nitrogen and oxygen atoms in total. The number of hydrogen-bond donors (Lipinski definition) is 1. The van der Waals surface area contributed by atoms with Gasteiger partial charge in [-0.3, -0.25) is 0 Å². The van der Waals surface area contributed by atoms with Crippen molar-refractivity contribution < 1.29 is 0 Å². The zero-order valence-corrected chi connectivity index (χ0v) is 12.6. The molecule has 104 valence electrons. The van der Waals surface area contributed by atoms with Crippen molar-refractivity contribution in [3.05, 3.63) is 0 Å². The molecule has 3 rings (SSSR count). The minimum absolute atomic E-state index is 0.287. The molecule has 0 radical (unpaired) electrons. The van der Waals surface area contributed by atoms with E-state index >= 15 is 0 Å². The van der Waals surface area contributed by atoms with E-state index in [2.05, 4.69) is 26.1 Å². The molecule has 0 aromatic rings. The van der Waals surface area contributed by atoms with Gasteiger partial charge in [0.25, 0.3) is 0 Å². The van der Waals surface area contributed by atoms with Gasteiger partial charge in [-0.05, 0) is 69.6 Å². The van der Waals surface area contributed by atoms with Crippen molar-refractivity contribution in [1.82, 2.24) is 5.32 Å². The molecule has 0 spiro atoms. The monoisotopic (exact) mass is 249 g/mol. The van der Waals surface area contributed by atoms with Gasteiger partial charge in [-0.1, -0.05) is 25.7 Å². The molecule has 3 aliphatic carbocycles. The lowest BCUT2D eigenvalue weighted by molar-refractivity contribution is 0.174. The van der Waals surface area contributed by atoms with Crippen molar-refractivity contribution in [2.24, 2.45) is 23.2 Å². The molecule has 0 amide bonds. The Morgan fingerprint density at radius 3 is 2.22 bits per heavy atom. The highest BCUT2D eigenvalue weighted by Gasteiger charge is 2.54. The number of fused-ring (bicyclic) bond motifs is 1. The van der Waals surface area contributed by atoms with Gasteiger partial charge in [0, 0.05) is 12.1 Å². The quantitative estimate of drug-likeness (QED) is 0.780. The summed E-state index contributed by atoms with van der Waals surface area (Å²) in [6, 6.07) is 0. The molecule has 0 saturated heterocycles. The van der Waals surface area contributed by atoms with Crippen LogP contribution < -0.4 is 5.32 Å². The van der Waals surface area contributed by atoms with Gasteiger partial charge < -0.3 is 5.32 Å². The van der Waals surface area contributed by atoms with Crippen molar-refractivity contribution in [2.45, 2.75) is 77.7 Å². The van der Waals surface area contributed by atoms with Gasteiger partial charge in [-0.2, -0.15) is 0 Å². The second kappa shape index (κ2) is 4.51. The highest BCUT2D eigenvalue weighted by Crippen LogP contribution is 2.62. The average Bonchev–Trinajstić information content (AvgIpc) is 2.73. The summed E-state index contributed by atoms with van der Waals surface area (Å²) in [6.45, 7) is 8.21. The van der Waals surface area contributed by atoms with Gasteiger partial charge in [0.2, 0.25) is 0 Å². The first-order valence-electron chi connectivity index (χ1n) is 8.21. The van der Waals surface area contributed by atoms with Crippen LogP contribution in [-0.2, 0) is 0 Å². The van der Waals surface area contributed by atoms with E-state index in [0.29, 0.717) is 5.41 Å². The molecule has 0 aliphatic heterocycles. The largest absolute Gasteiger partial charge is 0.312 e. The van der Waals surface area contributed by atoms with E-state index in [-0.39, 0.29) is 5.54 Å². The minimum atomic E-state index is 0.287. The minimum Gasteiger partial charge on any atom is -0.312 e. The first kappa shape index (κ1) is 13.0.